The van der Waals surface area contributed by atoms with Gasteiger partial charge < -0.3 is 10.1 Å². The van der Waals surface area contributed by atoms with Gasteiger partial charge in [0.1, 0.15) is 0 Å². The van der Waals surface area contributed by atoms with Crippen LogP contribution in [0.4, 0.5) is 0 Å². The van der Waals surface area contributed by atoms with E-state index in [-0.39, 0.29) is 11.8 Å². The molecule has 1 N–H and O–H groups in total. The molecule has 1 aromatic heterocycles. The molecule has 1 saturated carbocycles. The van der Waals surface area contributed by atoms with E-state index in [1.807, 2.05) is 12.1 Å². The lowest BCUT2D eigenvalue weighted by Crippen LogP contribution is -2.35. The molecule has 0 aromatic carbocycles. The molecular weight excluding hydrogens is 240 g/mol. The number of hydrogen-bond acceptors (Lipinski definition) is 3. The molecule has 4 heteroatoms. The third-order valence-corrected chi connectivity index (χ3v) is 3.84. The van der Waals surface area contributed by atoms with Gasteiger partial charge in [0.25, 0.3) is 0 Å². The van der Waals surface area contributed by atoms with Gasteiger partial charge in [-0.1, -0.05) is 0 Å². The van der Waals surface area contributed by atoms with E-state index in [1.165, 1.54) is 5.56 Å². The first-order valence-electron chi connectivity index (χ1n) is 6.99. The number of aromatic nitrogens is 1. The summed E-state index contributed by atoms with van der Waals surface area (Å²) >= 11 is 0. The Hall–Kier alpha value is -1.42. The zero-order valence-corrected chi connectivity index (χ0v) is 11.5. The first kappa shape index (κ1) is 14.0. The molecule has 104 valence electrons. The highest BCUT2D eigenvalue weighted by molar-refractivity contribution is 5.78. The van der Waals surface area contributed by atoms with Crippen LogP contribution in [0.2, 0.25) is 0 Å². The van der Waals surface area contributed by atoms with Crippen molar-refractivity contribution in [2.75, 3.05) is 13.7 Å². The maximum atomic E-state index is 12.0. The molecule has 0 bridgehead atoms. The van der Waals surface area contributed by atoms with Gasteiger partial charge in [0.05, 0.1) is 6.10 Å². The second kappa shape index (κ2) is 7.24. The number of hydrogen-bond donors (Lipinski definition) is 1. The summed E-state index contributed by atoms with van der Waals surface area (Å²) < 4.78 is 5.32. The predicted molar refractivity (Wildman–Crippen MR) is 73.7 cm³/mol. The number of ether oxygens (including phenoxy) is 1. The summed E-state index contributed by atoms with van der Waals surface area (Å²) in [6, 6.07) is 3.96. The van der Waals surface area contributed by atoms with Crippen LogP contribution in [0, 0.1) is 5.92 Å². The second-order valence-electron chi connectivity index (χ2n) is 5.11. The molecule has 2 rings (SSSR count). The highest BCUT2D eigenvalue weighted by Crippen LogP contribution is 2.25. The van der Waals surface area contributed by atoms with Crippen LogP contribution in [0.25, 0.3) is 0 Å². The highest BCUT2D eigenvalue weighted by atomic mass is 16.5. The summed E-state index contributed by atoms with van der Waals surface area (Å²) in [5, 5.41) is 3.03. The lowest BCUT2D eigenvalue weighted by molar-refractivity contribution is -0.126. The minimum atomic E-state index is 0.170. The molecule has 1 fully saturated rings. The Balaban J connectivity index is 1.67. The van der Waals surface area contributed by atoms with Crippen molar-refractivity contribution in [1.29, 1.82) is 0 Å². The Bertz CT molecular complexity index is 386. The Kier molecular flexibility index (Phi) is 5.33. The number of methoxy groups -OCH3 is 1. The number of carbonyl (C=O) groups is 1. The van der Waals surface area contributed by atoms with Crippen LogP contribution < -0.4 is 5.32 Å². The van der Waals surface area contributed by atoms with E-state index in [9.17, 15) is 4.79 Å². The van der Waals surface area contributed by atoms with Crippen molar-refractivity contribution >= 4 is 5.91 Å². The fraction of sp³-hybridized carbons (Fsp3) is 0.600. The number of rotatable bonds is 5. The van der Waals surface area contributed by atoms with Gasteiger partial charge in [-0.05, 0) is 49.8 Å². The smallest absolute Gasteiger partial charge is 0.223 e. The molecule has 0 unspecified atom stereocenters. The average molecular weight is 262 g/mol. The SMILES string of the molecule is COC1CCC(C(=O)NCCc2ccncc2)CC1. The zero-order chi connectivity index (χ0) is 13.5. The van der Waals surface area contributed by atoms with E-state index in [4.69, 9.17) is 4.74 Å². The topological polar surface area (TPSA) is 51.2 Å². The summed E-state index contributed by atoms with van der Waals surface area (Å²) in [6.45, 7) is 0.701. The number of nitrogens with one attached hydrogen (secondary N) is 1. The predicted octanol–water partition coefficient (Wildman–Crippen LogP) is 1.95. The lowest BCUT2D eigenvalue weighted by Gasteiger charge is -2.26. The van der Waals surface area contributed by atoms with E-state index in [1.54, 1.807) is 19.5 Å². The Morgan fingerprint density at radius 1 is 1.32 bits per heavy atom. The number of carbonyl (C=O) groups excluding carboxylic acids is 1. The Labute approximate surface area is 114 Å². The van der Waals surface area contributed by atoms with Crippen molar-refractivity contribution in [1.82, 2.24) is 10.3 Å². The van der Waals surface area contributed by atoms with Crippen LogP contribution in [0.1, 0.15) is 31.2 Å². The molecule has 1 heterocycles. The van der Waals surface area contributed by atoms with Gasteiger partial charge >= 0.3 is 0 Å². The lowest BCUT2D eigenvalue weighted by atomic mass is 9.87. The Morgan fingerprint density at radius 2 is 2.00 bits per heavy atom. The van der Waals surface area contributed by atoms with Crippen molar-refractivity contribution in [3.63, 3.8) is 0 Å². The fourth-order valence-corrected chi connectivity index (χ4v) is 2.58. The molecule has 0 saturated heterocycles. The van der Waals surface area contributed by atoms with Crippen molar-refractivity contribution in [3.8, 4) is 0 Å². The van der Waals surface area contributed by atoms with Crippen LogP contribution in [0.3, 0.4) is 0 Å². The summed E-state index contributed by atoms with van der Waals surface area (Å²) in [5.74, 6) is 0.368. The van der Waals surface area contributed by atoms with Crippen molar-refractivity contribution in [2.45, 2.75) is 38.2 Å². The van der Waals surface area contributed by atoms with Gasteiger partial charge in [0.2, 0.25) is 5.91 Å². The minimum Gasteiger partial charge on any atom is -0.381 e. The van der Waals surface area contributed by atoms with Crippen LogP contribution in [-0.2, 0) is 16.0 Å². The maximum absolute atomic E-state index is 12.0. The number of pyridine rings is 1. The van der Waals surface area contributed by atoms with E-state index >= 15 is 0 Å². The molecule has 0 radical (unpaired) electrons. The molecule has 0 spiro atoms. The third kappa shape index (κ3) is 4.31. The Morgan fingerprint density at radius 3 is 2.63 bits per heavy atom. The first-order valence-corrected chi connectivity index (χ1v) is 6.99. The van der Waals surface area contributed by atoms with Gasteiger partial charge in [-0.15, -0.1) is 0 Å². The standard InChI is InChI=1S/C15H22N2O2/c1-19-14-4-2-13(3-5-14)15(18)17-11-8-12-6-9-16-10-7-12/h6-7,9-10,13-14H,2-5,8,11H2,1H3,(H,17,18). The van der Waals surface area contributed by atoms with Crippen LogP contribution in [-0.4, -0.2) is 30.6 Å². The minimum absolute atomic E-state index is 0.170. The largest absolute Gasteiger partial charge is 0.381 e. The first-order chi connectivity index (χ1) is 9.29. The quantitative estimate of drug-likeness (QED) is 0.882. The van der Waals surface area contributed by atoms with Crippen molar-refractivity contribution in [2.24, 2.45) is 5.92 Å². The maximum Gasteiger partial charge on any atom is 0.223 e. The van der Waals surface area contributed by atoms with Gasteiger partial charge in [0, 0.05) is 32.0 Å². The van der Waals surface area contributed by atoms with Crippen molar-refractivity contribution in [3.05, 3.63) is 30.1 Å². The number of amides is 1. The fourth-order valence-electron chi connectivity index (χ4n) is 2.58. The summed E-state index contributed by atoms with van der Waals surface area (Å²) in [4.78, 5) is 16.0. The molecule has 0 atom stereocenters. The molecule has 1 aliphatic carbocycles. The van der Waals surface area contributed by atoms with E-state index < -0.39 is 0 Å². The van der Waals surface area contributed by atoms with Crippen molar-refractivity contribution < 1.29 is 9.53 Å². The van der Waals surface area contributed by atoms with E-state index in [0.717, 1.165) is 32.1 Å². The van der Waals surface area contributed by atoms with Gasteiger partial charge in [-0.3, -0.25) is 9.78 Å². The average Bonchev–Trinajstić information content (AvgIpc) is 2.48. The normalized spacial score (nSPS) is 23.0. The molecule has 19 heavy (non-hydrogen) atoms. The summed E-state index contributed by atoms with van der Waals surface area (Å²) in [6.07, 6.45) is 8.66. The number of nitrogens with zero attached hydrogens (tertiary/aromatic N) is 1. The van der Waals surface area contributed by atoms with Gasteiger partial charge in [0.15, 0.2) is 0 Å². The molecule has 1 aromatic rings. The van der Waals surface area contributed by atoms with Crippen LogP contribution in [0.5, 0.6) is 0 Å². The molecule has 4 nitrogen and oxygen atoms in total. The molecule has 0 aliphatic heterocycles. The van der Waals surface area contributed by atoms with Gasteiger partial charge in [-0.2, -0.15) is 0 Å². The zero-order valence-electron chi connectivity index (χ0n) is 11.5. The molecular formula is C15H22N2O2. The highest BCUT2D eigenvalue weighted by Gasteiger charge is 2.25. The summed E-state index contributed by atoms with van der Waals surface area (Å²) in [5.41, 5.74) is 1.21. The monoisotopic (exact) mass is 262 g/mol. The second-order valence-corrected chi connectivity index (χ2v) is 5.11. The molecule has 1 amide bonds. The van der Waals surface area contributed by atoms with Crippen LogP contribution in [0.15, 0.2) is 24.5 Å². The van der Waals surface area contributed by atoms with Gasteiger partial charge in [-0.25, -0.2) is 0 Å². The van der Waals surface area contributed by atoms with E-state index in [0.29, 0.717) is 12.6 Å². The summed E-state index contributed by atoms with van der Waals surface area (Å²) in [7, 11) is 1.75. The third-order valence-electron chi connectivity index (χ3n) is 3.84. The van der Waals surface area contributed by atoms with E-state index in [2.05, 4.69) is 10.3 Å². The molecule has 1 aliphatic rings. The van der Waals surface area contributed by atoms with Crippen LogP contribution >= 0.6 is 0 Å².